The maximum absolute atomic E-state index is 9.14. The zero-order chi connectivity index (χ0) is 14.7. The zero-order valence-electron chi connectivity index (χ0n) is 11.2. The molecule has 5 nitrogen and oxygen atoms in total. The molecule has 1 saturated heterocycles. The van der Waals surface area contributed by atoms with Gasteiger partial charge in [-0.15, -0.1) is 0 Å². The fourth-order valence-electron chi connectivity index (χ4n) is 2.39. The van der Waals surface area contributed by atoms with Gasteiger partial charge in [0.1, 0.15) is 28.8 Å². The molecule has 3 heterocycles. The van der Waals surface area contributed by atoms with E-state index >= 15 is 0 Å². The molecule has 0 aromatic carbocycles. The summed E-state index contributed by atoms with van der Waals surface area (Å²) in [6.07, 6.45) is 5.80. The Labute approximate surface area is 127 Å². The van der Waals surface area contributed by atoms with Crippen molar-refractivity contribution >= 4 is 17.4 Å². The SMILES string of the molecule is N#Cc1cccnc1N1CCC(Oc2ccncc2Cl)C1. The second-order valence-corrected chi connectivity index (χ2v) is 5.17. The minimum Gasteiger partial charge on any atom is -0.487 e. The number of aromatic nitrogens is 2. The molecule has 3 rings (SSSR count). The summed E-state index contributed by atoms with van der Waals surface area (Å²) in [6, 6.07) is 7.47. The normalized spacial score (nSPS) is 17.5. The Morgan fingerprint density at radius 1 is 1.38 bits per heavy atom. The van der Waals surface area contributed by atoms with E-state index in [-0.39, 0.29) is 6.10 Å². The maximum atomic E-state index is 9.14. The fraction of sp³-hybridized carbons (Fsp3) is 0.267. The van der Waals surface area contributed by atoms with E-state index < -0.39 is 0 Å². The lowest BCUT2D eigenvalue weighted by molar-refractivity contribution is 0.225. The van der Waals surface area contributed by atoms with Crippen LogP contribution in [0.15, 0.2) is 36.8 Å². The molecule has 1 aliphatic rings. The van der Waals surface area contributed by atoms with Gasteiger partial charge in [-0.3, -0.25) is 4.98 Å². The van der Waals surface area contributed by atoms with E-state index in [9.17, 15) is 0 Å². The van der Waals surface area contributed by atoms with E-state index in [4.69, 9.17) is 21.6 Å². The molecule has 1 fully saturated rings. The van der Waals surface area contributed by atoms with Crippen LogP contribution in [-0.2, 0) is 0 Å². The van der Waals surface area contributed by atoms with Crippen LogP contribution in [0.2, 0.25) is 5.02 Å². The summed E-state index contributed by atoms with van der Waals surface area (Å²) in [7, 11) is 0. The third kappa shape index (κ3) is 2.91. The molecule has 6 heteroatoms. The Morgan fingerprint density at radius 3 is 3.10 bits per heavy atom. The second kappa shape index (κ2) is 5.98. The second-order valence-electron chi connectivity index (χ2n) is 4.77. The van der Waals surface area contributed by atoms with Crippen molar-refractivity contribution in [2.24, 2.45) is 0 Å². The number of pyridine rings is 2. The summed E-state index contributed by atoms with van der Waals surface area (Å²) in [5.74, 6) is 1.35. The molecule has 0 spiro atoms. The number of rotatable bonds is 3. The van der Waals surface area contributed by atoms with Crippen LogP contribution in [0, 0.1) is 11.3 Å². The molecule has 2 aromatic rings. The van der Waals surface area contributed by atoms with Crippen molar-refractivity contribution < 1.29 is 4.74 Å². The van der Waals surface area contributed by atoms with Gasteiger partial charge in [0.05, 0.1) is 12.1 Å². The van der Waals surface area contributed by atoms with Gasteiger partial charge in [-0.1, -0.05) is 11.6 Å². The van der Waals surface area contributed by atoms with Gasteiger partial charge < -0.3 is 9.64 Å². The van der Waals surface area contributed by atoms with Gasteiger partial charge >= 0.3 is 0 Å². The van der Waals surface area contributed by atoms with Crippen LogP contribution < -0.4 is 9.64 Å². The molecule has 0 amide bonds. The van der Waals surface area contributed by atoms with E-state index in [0.29, 0.717) is 28.7 Å². The third-order valence-corrected chi connectivity index (χ3v) is 3.66. The Kier molecular flexibility index (Phi) is 3.89. The first-order valence-electron chi connectivity index (χ1n) is 6.64. The smallest absolute Gasteiger partial charge is 0.146 e. The number of anilines is 1. The van der Waals surface area contributed by atoms with Crippen LogP contribution in [0.25, 0.3) is 0 Å². The molecule has 0 bridgehead atoms. The van der Waals surface area contributed by atoms with Crippen LogP contribution in [0.5, 0.6) is 5.75 Å². The van der Waals surface area contributed by atoms with Crippen molar-refractivity contribution in [3.05, 3.63) is 47.4 Å². The van der Waals surface area contributed by atoms with Gasteiger partial charge in [0.25, 0.3) is 0 Å². The van der Waals surface area contributed by atoms with Crippen LogP contribution in [-0.4, -0.2) is 29.2 Å². The standard InChI is InChI=1S/C15H13ClN4O/c16-13-9-18-6-3-14(13)21-12-4-7-20(10-12)15-11(8-17)2-1-5-19-15/h1-3,5-6,9,12H,4,7,10H2. The Hall–Kier alpha value is -2.32. The van der Waals surface area contributed by atoms with E-state index in [0.717, 1.165) is 13.0 Å². The Balaban J connectivity index is 1.71. The van der Waals surface area contributed by atoms with E-state index in [2.05, 4.69) is 20.9 Å². The predicted octanol–water partition coefficient (Wildman–Crippen LogP) is 2.66. The van der Waals surface area contributed by atoms with Crippen molar-refractivity contribution in [3.8, 4) is 11.8 Å². The monoisotopic (exact) mass is 300 g/mol. The van der Waals surface area contributed by atoms with Gasteiger partial charge in [0.2, 0.25) is 0 Å². The quantitative estimate of drug-likeness (QED) is 0.872. The summed E-state index contributed by atoms with van der Waals surface area (Å²) in [5, 5.41) is 9.65. The van der Waals surface area contributed by atoms with Crippen molar-refractivity contribution in [1.29, 1.82) is 5.26 Å². The summed E-state index contributed by atoms with van der Waals surface area (Å²) in [4.78, 5) is 10.3. The fourth-order valence-corrected chi connectivity index (χ4v) is 2.55. The molecular formula is C15H13ClN4O. The predicted molar refractivity (Wildman–Crippen MR) is 79.4 cm³/mol. The van der Waals surface area contributed by atoms with Crippen molar-refractivity contribution in [2.45, 2.75) is 12.5 Å². The first-order chi connectivity index (χ1) is 10.3. The van der Waals surface area contributed by atoms with E-state index in [1.807, 2.05) is 0 Å². The summed E-state index contributed by atoms with van der Waals surface area (Å²) >= 11 is 6.05. The van der Waals surface area contributed by atoms with Crippen LogP contribution in [0.3, 0.4) is 0 Å². The Morgan fingerprint density at radius 2 is 2.29 bits per heavy atom. The number of halogens is 1. The molecule has 0 N–H and O–H groups in total. The number of ether oxygens (including phenoxy) is 1. The molecule has 2 aromatic heterocycles. The highest BCUT2D eigenvalue weighted by Gasteiger charge is 2.27. The molecule has 1 atom stereocenters. The number of nitriles is 1. The lowest BCUT2D eigenvalue weighted by atomic mass is 10.2. The molecule has 0 radical (unpaired) electrons. The van der Waals surface area contributed by atoms with Crippen LogP contribution in [0.1, 0.15) is 12.0 Å². The molecule has 1 aliphatic heterocycles. The number of nitrogens with zero attached hydrogens (tertiary/aromatic N) is 4. The third-order valence-electron chi connectivity index (χ3n) is 3.38. The molecule has 21 heavy (non-hydrogen) atoms. The maximum Gasteiger partial charge on any atom is 0.146 e. The minimum atomic E-state index is 0.0263. The number of hydrogen-bond donors (Lipinski definition) is 0. The van der Waals surface area contributed by atoms with E-state index in [1.165, 1.54) is 0 Å². The first-order valence-corrected chi connectivity index (χ1v) is 7.02. The van der Waals surface area contributed by atoms with Crippen molar-refractivity contribution in [1.82, 2.24) is 9.97 Å². The van der Waals surface area contributed by atoms with Crippen LogP contribution >= 0.6 is 11.6 Å². The van der Waals surface area contributed by atoms with Gasteiger partial charge in [-0.2, -0.15) is 5.26 Å². The zero-order valence-corrected chi connectivity index (χ0v) is 12.0. The first kappa shape index (κ1) is 13.7. The molecule has 0 aliphatic carbocycles. The molecule has 1 unspecified atom stereocenters. The number of hydrogen-bond acceptors (Lipinski definition) is 5. The Bertz CT molecular complexity index is 685. The van der Waals surface area contributed by atoms with Gasteiger partial charge in [0.15, 0.2) is 0 Å². The molecular weight excluding hydrogens is 288 g/mol. The van der Waals surface area contributed by atoms with Gasteiger partial charge in [0, 0.05) is 37.6 Å². The lowest BCUT2D eigenvalue weighted by Crippen LogP contribution is -2.26. The topological polar surface area (TPSA) is 62.0 Å². The molecule has 0 saturated carbocycles. The molecule has 106 valence electrons. The average molecular weight is 301 g/mol. The minimum absolute atomic E-state index is 0.0263. The average Bonchev–Trinajstić information content (AvgIpc) is 2.98. The van der Waals surface area contributed by atoms with Gasteiger partial charge in [-0.05, 0) is 12.1 Å². The van der Waals surface area contributed by atoms with Gasteiger partial charge in [-0.25, -0.2) is 4.98 Å². The summed E-state index contributed by atoms with van der Waals surface area (Å²) in [6.45, 7) is 1.49. The van der Waals surface area contributed by atoms with E-state index in [1.54, 1.807) is 36.8 Å². The van der Waals surface area contributed by atoms with Crippen molar-refractivity contribution in [3.63, 3.8) is 0 Å². The lowest BCUT2D eigenvalue weighted by Gasteiger charge is -2.19. The highest BCUT2D eigenvalue weighted by atomic mass is 35.5. The van der Waals surface area contributed by atoms with Crippen LogP contribution in [0.4, 0.5) is 5.82 Å². The summed E-state index contributed by atoms with van der Waals surface area (Å²) in [5.41, 5.74) is 0.583. The summed E-state index contributed by atoms with van der Waals surface area (Å²) < 4.78 is 5.91. The highest BCUT2D eigenvalue weighted by molar-refractivity contribution is 6.31. The largest absolute Gasteiger partial charge is 0.487 e. The highest BCUT2D eigenvalue weighted by Crippen LogP contribution is 2.27. The van der Waals surface area contributed by atoms with Crippen molar-refractivity contribution in [2.75, 3.05) is 18.0 Å².